The summed E-state index contributed by atoms with van der Waals surface area (Å²) in [6.07, 6.45) is 7.47. The van der Waals surface area contributed by atoms with Gasteiger partial charge in [0, 0.05) is 6.08 Å². The minimum absolute atomic E-state index is 0.0369. The number of carbonyl (C=O) groups is 1. The van der Waals surface area contributed by atoms with E-state index in [0.29, 0.717) is 0 Å². The molecule has 0 aliphatic heterocycles. The Morgan fingerprint density at radius 3 is 2.57 bits per heavy atom. The van der Waals surface area contributed by atoms with E-state index >= 15 is 0 Å². The molecule has 0 aromatic heterocycles. The third kappa shape index (κ3) is 4.13. The average molecular weight is 194 g/mol. The highest BCUT2D eigenvalue weighted by atomic mass is 16.5. The van der Waals surface area contributed by atoms with Crippen LogP contribution in [0.25, 0.3) is 0 Å². The molecule has 0 N–H and O–H groups in total. The van der Waals surface area contributed by atoms with E-state index < -0.39 is 0 Å². The van der Waals surface area contributed by atoms with E-state index in [0.717, 1.165) is 12.0 Å². The summed E-state index contributed by atoms with van der Waals surface area (Å²) in [5.74, 6) is 1.89. The van der Waals surface area contributed by atoms with E-state index in [1.165, 1.54) is 6.08 Å². The van der Waals surface area contributed by atoms with Gasteiger partial charge in [-0.15, -0.1) is 6.42 Å². The van der Waals surface area contributed by atoms with Crippen molar-refractivity contribution >= 4 is 5.97 Å². The SMILES string of the molecule is C#CCOC(=O)C=C(C)C(C)(C)CC. The summed E-state index contributed by atoms with van der Waals surface area (Å²) in [4.78, 5) is 11.2. The van der Waals surface area contributed by atoms with Gasteiger partial charge >= 0.3 is 5.97 Å². The van der Waals surface area contributed by atoms with Crippen LogP contribution in [0.1, 0.15) is 34.1 Å². The van der Waals surface area contributed by atoms with Gasteiger partial charge in [-0.2, -0.15) is 0 Å². The smallest absolute Gasteiger partial charge is 0.331 e. The lowest BCUT2D eigenvalue weighted by molar-refractivity contribution is -0.136. The summed E-state index contributed by atoms with van der Waals surface area (Å²) in [6, 6.07) is 0. The molecular formula is C12H18O2. The fourth-order valence-electron chi connectivity index (χ4n) is 0.805. The predicted molar refractivity (Wildman–Crippen MR) is 57.6 cm³/mol. The number of terminal acetylenes is 1. The van der Waals surface area contributed by atoms with Gasteiger partial charge < -0.3 is 4.74 Å². The molecule has 0 bridgehead atoms. The van der Waals surface area contributed by atoms with Crippen molar-refractivity contribution < 1.29 is 9.53 Å². The summed E-state index contributed by atoms with van der Waals surface area (Å²) in [7, 11) is 0. The molecule has 0 amide bonds. The molecule has 2 heteroatoms. The minimum Gasteiger partial charge on any atom is -0.449 e. The van der Waals surface area contributed by atoms with Crippen LogP contribution in [-0.2, 0) is 9.53 Å². The van der Waals surface area contributed by atoms with E-state index in [1.54, 1.807) is 0 Å². The number of hydrogen-bond donors (Lipinski definition) is 0. The molecule has 0 saturated carbocycles. The molecule has 2 nitrogen and oxygen atoms in total. The highest BCUT2D eigenvalue weighted by Crippen LogP contribution is 2.29. The van der Waals surface area contributed by atoms with Crippen LogP contribution in [0.5, 0.6) is 0 Å². The number of ether oxygens (including phenoxy) is 1. The summed E-state index contributed by atoms with van der Waals surface area (Å²) in [5, 5.41) is 0. The summed E-state index contributed by atoms with van der Waals surface area (Å²) in [5.41, 5.74) is 1.05. The molecule has 0 unspecified atom stereocenters. The van der Waals surface area contributed by atoms with Crippen molar-refractivity contribution in [3.05, 3.63) is 11.6 Å². The third-order valence-electron chi connectivity index (χ3n) is 2.58. The van der Waals surface area contributed by atoms with Crippen LogP contribution in [0.3, 0.4) is 0 Å². The van der Waals surface area contributed by atoms with Gasteiger partial charge in [-0.3, -0.25) is 0 Å². The second-order valence-corrected chi connectivity index (χ2v) is 3.88. The molecule has 0 spiro atoms. The van der Waals surface area contributed by atoms with Crippen molar-refractivity contribution in [2.45, 2.75) is 34.1 Å². The van der Waals surface area contributed by atoms with E-state index in [1.807, 2.05) is 6.92 Å². The Bertz CT molecular complexity index is 267. The van der Waals surface area contributed by atoms with E-state index in [-0.39, 0.29) is 18.0 Å². The van der Waals surface area contributed by atoms with Crippen molar-refractivity contribution in [1.82, 2.24) is 0 Å². The summed E-state index contributed by atoms with van der Waals surface area (Å²) >= 11 is 0. The Hall–Kier alpha value is -1.23. The highest BCUT2D eigenvalue weighted by molar-refractivity contribution is 5.83. The van der Waals surface area contributed by atoms with E-state index in [2.05, 4.69) is 26.7 Å². The van der Waals surface area contributed by atoms with Crippen molar-refractivity contribution in [2.24, 2.45) is 5.41 Å². The Morgan fingerprint density at radius 2 is 2.14 bits per heavy atom. The first-order valence-electron chi connectivity index (χ1n) is 4.73. The second-order valence-electron chi connectivity index (χ2n) is 3.88. The Balaban J connectivity index is 4.38. The van der Waals surface area contributed by atoms with Gasteiger partial charge in [0.25, 0.3) is 0 Å². The molecule has 78 valence electrons. The summed E-state index contributed by atoms with van der Waals surface area (Å²) in [6.45, 7) is 8.24. The monoisotopic (exact) mass is 194 g/mol. The quantitative estimate of drug-likeness (QED) is 0.390. The minimum atomic E-state index is -0.359. The molecule has 0 aromatic carbocycles. The largest absolute Gasteiger partial charge is 0.449 e. The van der Waals surface area contributed by atoms with Crippen LogP contribution < -0.4 is 0 Å². The standard InChI is InChI=1S/C12H18O2/c1-6-8-14-11(13)9-10(3)12(4,5)7-2/h1,9H,7-8H2,2-5H3. The Labute approximate surface area is 86.3 Å². The van der Waals surface area contributed by atoms with Gasteiger partial charge in [0.1, 0.15) is 0 Å². The van der Waals surface area contributed by atoms with Crippen molar-refractivity contribution in [1.29, 1.82) is 0 Å². The zero-order valence-corrected chi connectivity index (χ0v) is 9.39. The molecule has 0 saturated heterocycles. The molecule has 0 radical (unpaired) electrons. The van der Waals surface area contributed by atoms with Crippen LogP contribution in [0.4, 0.5) is 0 Å². The maximum Gasteiger partial charge on any atom is 0.331 e. The third-order valence-corrected chi connectivity index (χ3v) is 2.58. The zero-order valence-electron chi connectivity index (χ0n) is 9.39. The van der Waals surface area contributed by atoms with Crippen molar-refractivity contribution in [3.63, 3.8) is 0 Å². The fourth-order valence-corrected chi connectivity index (χ4v) is 0.805. The maximum absolute atomic E-state index is 11.2. The lowest BCUT2D eigenvalue weighted by Crippen LogP contribution is -2.13. The predicted octanol–water partition coefficient (Wildman–Crippen LogP) is 2.55. The lowest BCUT2D eigenvalue weighted by Gasteiger charge is -2.23. The van der Waals surface area contributed by atoms with Crippen LogP contribution in [0, 0.1) is 17.8 Å². The van der Waals surface area contributed by atoms with Crippen LogP contribution in [-0.4, -0.2) is 12.6 Å². The number of allylic oxidation sites excluding steroid dienone is 1. The highest BCUT2D eigenvalue weighted by Gasteiger charge is 2.18. The van der Waals surface area contributed by atoms with Crippen LogP contribution in [0.15, 0.2) is 11.6 Å². The van der Waals surface area contributed by atoms with E-state index in [4.69, 9.17) is 11.2 Å². The van der Waals surface area contributed by atoms with E-state index in [9.17, 15) is 4.79 Å². The molecule has 0 aromatic rings. The van der Waals surface area contributed by atoms with Gasteiger partial charge in [0.15, 0.2) is 6.61 Å². The van der Waals surface area contributed by atoms with Crippen molar-refractivity contribution in [2.75, 3.05) is 6.61 Å². The zero-order chi connectivity index (χ0) is 11.2. The number of carbonyl (C=O) groups excluding carboxylic acids is 1. The Morgan fingerprint density at radius 1 is 1.57 bits per heavy atom. The Kier molecular flexibility index (Phi) is 5.01. The molecule has 0 atom stereocenters. The topological polar surface area (TPSA) is 26.3 Å². The molecule has 0 fully saturated rings. The first-order valence-corrected chi connectivity index (χ1v) is 4.73. The molecular weight excluding hydrogens is 176 g/mol. The molecule has 14 heavy (non-hydrogen) atoms. The molecule has 0 aliphatic carbocycles. The molecule has 0 heterocycles. The summed E-state index contributed by atoms with van der Waals surface area (Å²) < 4.78 is 4.75. The first-order chi connectivity index (χ1) is 6.44. The van der Waals surface area contributed by atoms with Gasteiger partial charge in [-0.25, -0.2) is 4.79 Å². The molecule has 0 aliphatic rings. The molecule has 0 rings (SSSR count). The second kappa shape index (κ2) is 5.49. The number of hydrogen-bond acceptors (Lipinski definition) is 2. The van der Waals surface area contributed by atoms with Crippen LogP contribution >= 0.6 is 0 Å². The first kappa shape index (κ1) is 12.8. The normalized spacial score (nSPS) is 12.1. The maximum atomic E-state index is 11.2. The lowest BCUT2D eigenvalue weighted by atomic mass is 9.82. The van der Waals surface area contributed by atoms with Gasteiger partial charge in [-0.05, 0) is 18.8 Å². The van der Waals surface area contributed by atoms with Gasteiger partial charge in [0.05, 0.1) is 0 Å². The average Bonchev–Trinajstić information content (AvgIpc) is 2.14. The van der Waals surface area contributed by atoms with Gasteiger partial charge in [-0.1, -0.05) is 32.3 Å². The number of rotatable bonds is 4. The number of esters is 1. The van der Waals surface area contributed by atoms with Gasteiger partial charge in [0.2, 0.25) is 0 Å². The van der Waals surface area contributed by atoms with Crippen LogP contribution in [0.2, 0.25) is 0 Å². The van der Waals surface area contributed by atoms with Crippen molar-refractivity contribution in [3.8, 4) is 12.3 Å². The fraction of sp³-hybridized carbons (Fsp3) is 0.583.